The lowest BCUT2D eigenvalue weighted by atomic mass is 9.99. The molecule has 1 aromatic carbocycles. The van der Waals surface area contributed by atoms with Crippen molar-refractivity contribution in [2.45, 2.75) is 47.3 Å². The smallest absolute Gasteiger partial charge is 0.223 e. The fraction of sp³-hybridized carbons (Fsp3) is 0.619. The minimum absolute atomic E-state index is 0.627. The summed E-state index contributed by atoms with van der Waals surface area (Å²) in [5, 5.41) is 4.04. The second kappa shape index (κ2) is 8.95. The number of likely N-dealkylation sites (N-methyl/N-ethyl adjacent to an activating group) is 1. The van der Waals surface area contributed by atoms with Gasteiger partial charge in [0.2, 0.25) is 5.89 Å². The third-order valence-corrected chi connectivity index (χ3v) is 5.56. The summed E-state index contributed by atoms with van der Waals surface area (Å²) >= 11 is 0. The van der Waals surface area contributed by atoms with Crippen molar-refractivity contribution in [3.63, 3.8) is 0 Å². The number of hydrogen-bond acceptors (Lipinski definition) is 6. The third kappa shape index (κ3) is 5.37. The Labute approximate surface area is 163 Å². The van der Waals surface area contributed by atoms with E-state index in [0.29, 0.717) is 5.89 Å². The maximum atomic E-state index is 5.11. The molecule has 2 heterocycles. The highest BCUT2D eigenvalue weighted by atomic mass is 16.5. The molecule has 0 amide bonds. The molecule has 6 nitrogen and oxygen atoms in total. The number of aryl methyl sites for hydroxylation is 3. The number of rotatable bonds is 7. The molecule has 0 saturated carbocycles. The lowest BCUT2D eigenvalue weighted by molar-refractivity contribution is 0.148. The maximum absolute atomic E-state index is 5.11. The normalized spacial score (nSPS) is 16.4. The van der Waals surface area contributed by atoms with E-state index in [0.717, 1.165) is 58.2 Å². The summed E-state index contributed by atoms with van der Waals surface area (Å²) in [5.74, 6) is 1.39. The van der Waals surface area contributed by atoms with Gasteiger partial charge in [-0.2, -0.15) is 4.98 Å². The second-order valence-corrected chi connectivity index (χ2v) is 7.82. The zero-order chi connectivity index (χ0) is 19.4. The van der Waals surface area contributed by atoms with E-state index in [-0.39, 0.29) is 0 Å². The molecule has 6 heteroatoms. The van der Waals surface area contributed by atoms with Gasteiger partial charge >= 0.3 is 0 Å². The number of hydrogen-bond donors (Lipinski definition) is 0. The lowest BCUT2D eigenvalue weighted by Gasteiger charge is -2.33. The molecule has 1 fully saturated rings. The van der Waals surface area contributed by atoms with Crippen LogP contribution in [0.15, 0.2) is 16.7 Å². The van der Waals surface area contributed by atoms with Crippen molar-refractivity contribution < 1.29 is 4.52 Å². The van der Waals surface area contributed by atoms with Gasteiger partial charge in [-0.15, -0.1) is 0 Å². The van der Waals surface area contributed by atoms with Crippen LogP contribution in [-0.2, 0) is 19.6 Å². The molecule has 0 bridgehead atoms. The highest BCUT2D eigenvalue weighted by Crippen LogP contribution is 2.20. The third-order valence-electron chi connectivity index (χ3n) is 5.56. The molecule has 0 aliphatic carbocycles. The summed E-state index contributed by atoms with van der Waals surface area (Å²) in [6, 6.07) is 4.75. The van der Waals surface area contributed by atoms with E-state index in [2.05, 4.69) is 64.8 Å². The first-order valence-corrected chi connectivity index (χ1v) is 9.96. The van der Waals surface area contributed by atoms with Crippen LogP contribution in [-0.4, -0.2) is 64.6 Å². The molecule has 1 aliphatic heterocycles. The quantitative estimate of drug-likeness (QED) is 0.746. The molecule has 0 spiro atoms. The Morgan fingerprint density at radius 3 is 2.33 bits per heavy atom. The summed E-state index contributed by atoms with van der Waals surface area (Å²) in [6.45, 7) is 16.7. The van der Waals surface area contributed by atoms with Gasteiger partial charge in [0.1, 0.15) is 0 Å². The molecule has 0 atom stereocenters. The number of aromatic nitrogens is 2. The average Bonchev–Trinajstić information content (AvgIpc) is 3.05. The van der Waals surface area contributed by atoms with Crippen LogP contribution in [0, 0.1) is 20.8 Å². The van der Waals surface area contributed by atoms with E-state index in [1.165, 1.54) is 22.3 Å². The SMILES string of the molecule is CCN(Cc1noc(C)n1)Cc1cc(CN2CCN(C)CC2)c(C)cc1C. The Morgan fingerprint density at radius 2 is 1.70 bits per heavy atom. The van der Waals surface area contributed by atoms with Crippen LogP contribution in [0.25, 0.3) is 0 Å². The maximum Gasteiger partial charge on any atom is 0.223 e. The van der Waals surface area contributed by atoms with E-state index in [1.807, 2.05) is 6.92 Å². The van der Waals surface area contributed by atoms with Crippen molar-refractivity contribution >= 4 is 0 Å². The molecular weight excluding hydrogens is 338 g/mol. The number of nitrogens with zero attached hydrogens (tertiary/aromatic N) is 5. The molecule has 1 saturated heterocycles. The van der Waals surface area contributed by atoms with Crippen molar-refractivity contribution in [3.05, 3.63) is 46.1 Å². The summed E-state index contributed by atoms with van der Waals surface area (Å²) in [5.41, 5.74) is 5.60. The van der Waals surface area contributed by atoms with E-state index < -0.39 is 0 Å². The van der Waals surface area contributed by atoms with Crippen LogP contribution < -0.4 is 0 Å². The molecule has 1 aliphatic rings. The summed E-state index contributed by atoms with van der Waals surface area (Å²) < 4.78 is 5.11. The Hall–Kier alpha value is -1.76. The van der Waals surface area contributed by atoms with Crippen LogP contribution in [0.2, 0.25) is 0 Å². The topological polar surface area (TPSA) is 48.6 Å². The highest BCUT2D eigenvalue weighted by Gasteiger charge is 2.16. The van der Waals surface area contributed by atoms with Gasteiger partial charge in [0.15, 0.2) is 5.82 Å². The van der Waals surface area contributed by atoms with Gasteiger partial charge in [-0.3, -0.25) is 9.80 Å². The summed E-state index contributed by atoms with van der Waals surface area (Å²) in [7, 11) is 2.21. The van der Waals surface area contributed by atoms with E-state index in [9.17, 15) is 0 Å². The van der Waals surface area contributed by atoms with Crippen molar-refractivity contribution in [2.24, 2.45) is 0 Å². The molecule has 2 aromatic rings. The predicted octanol–water partition coefficient (Wildman–Crippen LogP) is 2.76. The van der Waals surface area contributed by atoms with Gasteiger partial charge in [0, 0.05) is 46.2 Å². The molecule has 0 radical (unpaired) electrons. The molecule has 27 heavy (non-hydrogen) atoms. The first-order chi connectivity index (χ1) is 12.9. The Balaban J connectivity index is 1.70. The first kappa shape index (κ1) is 20.0. The molecule has 1 aromatic heterocycles. The van der Waals surface area contributed by atoms with E-state index in [1.54, 1.807) is 0 Å². The highest BCUT2D eigenvalue weighted by molar-refractivity contribution is 5.37. The Kier molecular flexibility index (Phi) is 6.63. The monoisotopic (exact) mass is 371 g/mol. The molecule has 0 unspecified atom stereocenters. The van der Waals surface area contributed by atoms with Gasteiger partial charge < -0.3 is 9.42 Å². The Morgan fingerprint density at radius 1 is 1.00 bits per heavy atom. The van der Waals surface area contributed by atoms with Crippen molar-refractivity contribution in [1.29, 1.82) is 0 Å². The van der Waals surface area contributed by atoms with Gasteiger partial charge in [0.25, 0.3) is 0 Å². The van der Waals surface area contributed by atoms with Crippen molar-refractivity contribution in [3.8, 4) is 0 Å². The zero-order valence-electron chi connectivity index (χ0n) is 17.5. The van der Waals surface area contributed by atoms with E-state index in [4.69, 9.17) is 4.52 Å². The number of benzene rings is 1. The fourth-order valence-electron chi connectivity index (χ4n) is 3.66. The zero-order valence-corrected chi connectivity index (χ0v) is 17.5. The van der Waals surface area contributed by atoms with Crippen molar-refractivity contribution in [1.82, 2.24) is 24.8 Å². The standard InChI is InChI=1S/C21H33N5O/c1-6-25(15-21-22-18(4)27-23-21)13-19-12-20(17(3)11-16(19)2)14-26-9-7-24(5)8-10-26/h11-12H,6-10,13-15H2,1-5H3. The van der Waals surface area contributed by atoms with Gasteiger partial charge in [-0.1, -0.05) is 24.2 Å². The predicted molar refractivity (Wildman–Crippen MR) is 108 cm³/mol. The average molecular weight is 372 g/mol. The fourth-order valence-corrected chi connectivity index (χ4v) is 3.66. The van der Waals surface area contributed by atoms with Crippen LogP contribution in [0.3, 0.4) is 0 Å². The van der Waals surface area contributed by atoms with Crippen LogP contribution in [0.5, 0.6) is 0 Å². The van der Waals surface area contributed by atoms with Crippen LogP contribution >= 0.6 is 0 Å². The van der Waals surface area contributed by atoms with E-state index >= 15 is 0 Å². The minimum atomic E-state index is 0.627. The largest absolute Gasteiger partial charge is 0.340 e. The van der Waals surface area contributed by atoms with Gasteiger partial charge in [-0.25, -0.2) is 0 Å². The van der Waals surface area contributed by atoms with Gasteiger partial charge in [-0.05, 0) is 49.7 Å². The molecule has 0 N–H and O–H groups in total. The lowest BCUT2D eigenvalue weighted by Crippen LogP contribution is -2.44. The minimum Gasteiger partial charge on any atom is -0.340 e. The Bertz CT molecular complexity index is 749. The van der Waals surface area contributed by atoms with Crippen LogP contribution in [0.1, 0.15) is 40.9 Å². The molecule has 3 rings (SSSR count). The summed E-state index contributed by atoms with van der Waals surface area (Å²) in [6.07, 6.45) is 0. The first-order valence-electron chi connectivity index (χ1n) is 9.96. The second-order valence-electron chi connectivity index (χ2n) is 7.82. The number of piperazine rings is 1. The van der Waals surface area contributed by atoms with Crippen LogP contribution in [0.4, 0.5) is 0 Å². The molecule has 148 valence electrons. The van der Waals surface area contributed by atoms with Crippen molar-refractivity contribution in [2.75, 3.05) is 39.8 Å². The summed E-state index contributed by atoms with van der Waals surface area (Å²) in [4.78, 5) is 11.7. The van der Waals surface area contributed by atoms with Gasteiger partial charge in [0.05, 0.1) is 6.54 Å². The molecular formula is C21H33N5O.